The van der Waals surface area contributed by atoms with Crippen molar-refractivity contribution in [3.05, 3.63) is 77.0 Å². The van der Waals surface area contributed by atoms with Gasteiger partial charge in [-0.25, -0.2) is 4.99 Å². The van der Waals surface area contributed by atoms with Crippen molar-refractivity contribution < 1.29 is 5.11 Å². The fourth-order valence-electron chi connectivity index (χ4n) is 3.92. The number of benzene rings is 2. The molecule has 0 aromatic heterocycles. The summed E-state index contributed by atoms with van der Waals surface area (Å²) >= 11 is 0. The van der Waals surface area contributed by atoms with E-state index in [1.54, 1.807) is 6.07 Å². The zero-order chi connectivity index (χ0) is 17.8. The fourth-order valence-corrected chi connectivity index (χ4v) is 3.92. The first-order valence-corrected chi connectivity index (χ1v) is 9.68. The summed E-state index contributed by atoms with van der Waals surface area (Å²) in [7, 11) is 0. The number of phenolic OH excluding ortho intramolecular Hbond substituents is 1. The third-order valence-electron chi connectivity index (χ3n) is 5.38. The Kier molecular flexibility index (Phi) is 5.05. The van der Waals surface area contributed by atoms with E-state index in [0.29, 0.717) is 5.75 Å². The van der Waals surface area contributed by atoms with Gasteiger partial charge < -0.3 is 10.0 Å². The molecule has 1 heterocycles. The minimum atomic E-state index is 0.314. The number of hydrogen-bond acceptors (Lipinski definition) is 3. The molecule has 0 spiro atoms. The molecule has 0 saturated carbocycles. The van der Waals surface area contributed by atoms with Crippen molar-refractivity contribution in [2.24, 2.45) is 4.99 Å². The predicted octanol–water partition coefficient (Wildman–Crippen LogP) is 4.92. The molecule has 3 heteroatoms. The second-order valence-corrected chi connectivity index (χ2v) is 7.22. The lowest BCUT2D eigenvalue weighted by Crippen LogP contribution is -2.38. The summed E-state index contributed by atoms with van der Waals surface area (Å²) in [4.78, 5) is 7.40. The zero-order valence-corrected chi connectivity index (χ0v) is 15.2. The Bertz CT molecular complexity index is 823. The summed E-state index contributed by atoms with van der Waals surface area (Å²) in [6, 6.07) is 18.2. The van der Waals surface area contributed by atoms with E-state index in [2.05, 4.69) is 35.2 Å². The molecule has 0 atom stereocenters. The van der Waals surface area contributed by atoms with Crippen LogP contribution in [-0.2, 0) is 6.42 Å². The second-order valence-electron chi connectivity index (χ2n) is 7.22. The standard InChI is InChI=1S/C23H26N2O/c26-22-14-8-7-12-20(22)23-24-21-13-6-2-5-11-19(21)17-25(23)16-15-18-9-3-1-4-10-18/h1,3-4,7-10,12,14,26H,2,5-6,11,13,15-17H2. The largest absolute Gasteiger partial charge is 0.507 e. The monoisotopic (exact) mass is 346 g/mol. The van der Waals surface area contributed by atoms with Crippen LogP contribution < -0.4 is 0 Å². The van der Waals surface area contributed by atoms with E-state index in [1.165, 1.54) is 36.1 Å². The van der Waals surface area contributed by atoms with E-state index < -0.39 is 0 Å². The lowest BCUT2D eigenvalue weighted by Gasteiger charge is -2.32. The quantitative estimate of drug-likeness (QED) is 0.853. The molecule has 0 amide bonds. The molecule has 0 bridgehead atoms. The van der Waals surface area contributed by atoms with Gasteiger partial charge in [0.05, 0.1) is 5.56 Å². The maximum atomic E-state index is 10.4. The van der Waals surface area contributed by atoms with Crippen molar-refractivity contribution in [2.45, 2.75) is 38.5 Å². The first kappa shape index (κ1) is 16.9. The predicted molar refractivity (Wildman–Crippen MR) is 106 cm³/mol. The van der Waals surface area contributed by atoms with Gasteiger partial charge in [-0.1, -0.05) is 48.9 Å². The molecule has 0 fully saturated rings. The van der Waals surface area contributed by atoms with E-state index in [1.807, 2.05) is 18.2 Å². The van der Waals surface area contributed by atoms with Gasteiger partial charge >= 0.3 is 0 Å². The average molecular weight is 346 g/mol. The van der Waals surface area contributed by atoms with Gasteiger partial charge in [0.1, 0.15) is 11.6 Å². The van der Waals surface area contributed by atoms with E-state index in [9.17, 15) is 5.11 Å². The minimum absolute atomic E-state index is 0.314. The number of nitrogens with zero attached hydrogens (tertiary/aromatic N) is 2. The summed E-state index contributed by atoms with van der Waals surface area (Å²) in [6.07, 6.45) is 7.00. The van der Waals surface area contributed by atoms with E-state index >= 15 is 0 Å². The number of aliphatic imine (C=N–C) groups is 1. The highest BCUT2D eigenvalue weighted by molar-refractivity contribution is 6.02. The Hall–Kier alpha value is -2.55. The van der Waals surface area contributed by atoms with Crippen LogP contribution >= 0.6 is 0 Å². The number of hydrogen-bond donors (Lipinski definition) is 1. The SMILES string of the molecule is Oc1ccccc1C1=NC2=C(CCCCC2)CN1CCc1ccccc1. The molecule has 134 valence electrons. The van der Waals surface area contributed by atoms with Gasteiger partial charge in [-0.2, -0.15) is 0 Å². The Morgan fingerprint density at radius 2 is 1.65 bits per heavy atom. The highest BCUT2D eigenvalue weighted by Crippen LogP contribution is 2.31. The molecular formula is C23H26N2O. The average Bonchev–Trinajstić information content (AvgIpc) is 2.92. The summed E-state index contributed by atoms with van der Waals surface area (Å²) in [6.45, 7) is 1.85. The highest BCUT2D eigenvalue weighted by atomic mass is 16.3. The normalized spacial score (nSPS) is 17.5. The molecule has 1 aliphatic heterocycles. The molecule has 0 unspecified atom stereocenters. The van der Waals surface area contributed by atoms with Crippen molar-refractivity contribution in [3.8, 4) is 5.75 Å². The van der Waals surface area contributed by atoms with Gasteiger partial charge in [0.15, 0.2) is 0 Å². The molecule has 2 aromatic rings. The Morgan fingerprint density at radius 1 is 0.885 bits per heavy atom. The molecule has 1 N–H and O–H groups in total. The lowest BCUT2D eigenvalue weighted by atomic mass is 10.0. The van der Waals surface area contributed by atoms with Gasteiger partial charge in [-0.3, -0.25) is 0 Å². The third kappa shape index (κ3) is 3.67. The number of para-hydroxylation sites is 1. The van der Waals surface area contributed by atoms with Crippen molar-refractivity contribution >= 4 is 5.84 Å². The van der Waals surface area contributed by atoms with Crippen LogP contribution in [0, 0.1) is 0 Å². The van der Waals surface area contributed by atoms with Crippen LogP contribution in [0.3, 0.4) is 0 Å². The number of phenols is 1. The van der Waals surface area contributed by atoms with E-state index in [-0.39, 0.29) is 0 Å². The molecule has 26 heavy (non-hydrogen) atoms. The molecular weight excluding hydrogens is 320 g/mol. The van der Waals surface area contributed by atoms with Crippen molar-refractivity contribution in [2.75, 3.05) is 13.1 Å². The Balaban J connectivity index is 1.64. The summed E-state index contributed by atoms with van der Waals surface area (Å²) < 4.78 is 0. The summed E-state index contributed by atoms with van der Waals surface area (Å²) in [5.41, 5.74) is 4.94. The summed E-state index contributed by atoms with van der Waals surface area (Å²) in [5, 5.41) is 10.4. The van der Waals surface area contributed by atoms with Crippen molar-refractivity contribution in [3.63, 3.8) is 0 Å². The van der Waals surface area contributed by atoms with Gasteiger partial charge in [-0.15, -0.1) is 0 Å². The van der Waals surface area contributed by atoms with Crippen LogP contribution in [0.25, 0.3) is 0 Å². The maximum absolute atomic E-state index is 10.4. The van der Waals surface area contributed by atoms with Crippen LogP contribution in [0.2, 0.25) is 0 Å². The second kappa shape index (κ2) is 7.77. The number of amidine groups is 1. The molecule has 2 aromatic carbocycles. The Labute approximate surface area is 155 Å². The van der Waals surface area contributed by atoms with Crippen molar-refractivity contribution in [1.82, 2.24) is 4.90 Å². The van der Waals surface area contributed by atoms with Crippen molar-refractivity contribution in [1.29, 1.82) is 0 Å². The number of rotatable bonds is 4. The first-order valence-electron chi connectivity index (χ1n) is 9.68. The first-order chi connectivity index (χ1) is 12.8. The van der Waals surface area contributed by atoms with E-state index in [0.717, 1.165) is 43.8 Å². The molecule has 3 nitrogen and oxygen atoms in total. The van der Waals surface area contributed by atoms with Crippen LogP contribution in [0.4, 0.5) is 0 Å². The van der Waals surface area contributed by atoms with Gasteiger partial charge in [0.25, 0.3) is 0 Å². The summed E-state index contributed by atoms with van der Waals surface area (Å²) in [5.74, 6) is 1.24. The van der Waals surface area contributed by atoms with Crippen LogP contribution in [0.1, 0.15) is 43.2 Å². The number of allylic oxidation sites excluding steroid dienone is 1. The molecule has 4 rings (SSSR count). The maximum Gasteiger partial charge on any atom is 0.140 e. The minimum Gasteiger partial charge on any atom is -0.507 e. The zero-order valence-electron chi connectivity index (χ0n) is 15.2. The van der Waals surface area contributed by atoms with Gasteiger partial charge in [0.2, 0.25) is 0 Å². The fraction of sp³-hybridized carbons (Fsp3) is 0.348. The van der Waals surface area contributed by atoms with Crippen LogP contribution in [-0.4, -0.2) is 28.9 Å². The lowest BCUT2D eigenvalue weighted by molar-refractivity contribution is 0.432. The van der Waals surface area contributed by atoms with Crippen LogP contribution in [0.5, 0.6) is 5.75 Å². The molecule has 2 aliphatic rings. The van der Waals surface area contributed by atoms with Gasteiger partial charge in [0, 0.05) is 18.8 Å². The third-order valence-corrected chi connectivity index (χ3v) is 5.38. The van der Waals surface area contributed by atoms with Gasteiger partial charge in [-0.05, 0) is 55.4 Å². The number of aromatic hydroxyl groups is 1. The highest BCUT2D eigenvalue weighted by Gasteiger charge is 2.25. The Morgan fingerprint density at radius 3 is 2.50 bits per heavy atom. The smallest absolute Gasteiger partial charge is 0.140 e. The molecule has 0 saturated heterocycles. The van der Waals surface area contributed by atoms with E-state index in [4.69, 9.17) is 4.99 Å². The van der Waals surface area contributed by atoms with Crippen LogP contribution in [0.15, 0.2) is 70.9 Å². The molecule has 1 aliphatic carbocycles. The topological polar surface area (TPSA) is 35.8 Å². The molecule has 0 radical (unpaired) electrons.